The molecule has 0 aromatic carbocycles. The van der Waals surface area contributed by atoms with E-state index in [-0.39, 0.29) is 6.10 Å². The molecule has 3 saturated heterocycles. The Labute approximate surface area is 101 Å². The molecule has 3 aliphatic heterocycles. The van der Waals surface area contributed by atoms with E-state index in [1.165, 1.54) is 0 Å². The minimum Gasteiger partial charge on any atom is -0.387 e. The van der Waals surface area contributed by atoms with E-state index in [1.54, 1.807) is 0 Å². The smallest absolute Gasteiger partial charge is 0.186 e. The van der Waals surface area contributed by atoms with Gasteiger partial charge in [0.1, 0.15) is 24.4 Å². The van der Waals surface area contributed by atoms with Crippen molar-refractivity contribution in [2.24, 2.45) is 0 Å². The fraction of sp³-hybridized carbons (Fsp3) is 1.00. The van der Waals surface area contributed by atoms with Gasteiger partial charge in [0.2, 0.25) is 0 Å². The molecule has 3 rings (SSSR count). The predicted molar refractivity (Wildman–Crippen MR) is 59.5 cm³/mol. The van der Waals surface area contributed by atoms with Crippen LogP contribution in [0.4, 0.5) is 0 Å². The van der Waals surface area contributed by atoms with Crippen LogP contribution in [0, 0.1) is 0 Å². The molecule has 3 N–H and O–H groups in total. The summed E-state index contributed by atoms with van der Waals surface area (Å²) >= 11 is 0. The van der Waals surface area contributed by atoms with Crippen molar-refractivity contribution < 1.29 is 24.4 Å². The fourth-order valence-electron chi connectivity index (χ4n) is 2.18. The minimum atomic E-state index is -1.05. The van der Waals surface area contributed by atoms with E-state index in [1.807, 2.05) is 6.92 Å². The maximum Gasteiger partial charge on any atom is 0.186 e. The van der Waals surface area contributed by atoms with Gasteiger partial charge in [-0.05, 0) is 13.0 Å². The first-order valence-electron chi connectivity index (χ1n) is 6.19. The molecule has 3 heterocycles. The van der Waals surface area contributed by atoms with Gasteiger partial charge in [-0.15, -0.1) is 0 Å². The zero-order chi connectivity index (χ0) is 12.3. The Kier molecular flexibility index (Phi) is 4.72. The number of hydrogen-bond acceptors (Lipinski definition) is 6. The second-order valence-electron chi connectivity index (χ2n) is 4.39. The van der Waals surface area contributed by atoms with Crippen LogP contribution in [-0.2, 0) is 14.2 Å². The third kappa shape index (κ3) is 2.96. The Morgan fingerprint density at radius 2 is 1.94 bits per heavy atom. The van der Waals surface area contributed by atoms with Gasteiger partial charge < -0.3 is 29.7 Å². The largest absolute Gasteiger partial charge is 0.387 e. The zero-order valence-electron chi connectivity index (χ0n) is 10.0. The van der Waals surface area contributed by atoms with E-state index in [2.05, 4.69) is 5.32 Å². The van der Waals surface area contributed by atoms with E-state index < -0.39 is 24.6 Å². The lowest BCUT2D eigenvalue weighted by Crippen LogP contribution is -2.60. The van der Waals surface area contributed by atoms with Crippen LogP contribution in [0.25, 0.3) is 0 Å². The Bertz CT molecular complexity index is 238. The topological polar surface area (TPSA) is 80.2 Å². The highest BCUT2D eigenvalue weighted by molar-refractivity contribution is 4.91. The van der Waals surface area contributed by atoms with E-state index in [4.69, 9.17) is 14.2 Å². The number of rotatable bonds is 3. The molecule has 0 aromatic rings. The van der Waals surface area contributed by atoms with Crippen molar-refractivity contribution in [2.75, 3.05) is 26.3 Å². The summed E-state index contributed by atoms with van der Waals surface area (Å²) < 4.78 is 16.6. The van der Waals surface area contributed by atoms with Crippen molar-refractivity contribution in [1.82, 2.24) is 5.32 Å². The summed E-state index contributed by atoms with van der Waals surface area (Å²) in [5.41, 5.74) is 0. The summed E-state index contributed by atoms with van der Waals surface area (Å²) in [6.07, 6.45) is -2.82. The number of likely N-dealkylation sites (N-methyl/N-ethyl adjacent to an activating group) is 1. The quantitative estimate of drug-likeness (QED) is 0.584. The van der Waals surface area contributed by atoms with Crippen LogP contribution in [0.5, 0.6) is 0 Å². The van der Waals surface area contributed by atoms with Gasteiger partial charge in [0.15, 0.2) is 6.29 Å². The molecule has 0 aliphatic carbocycles. The number of fused-ring (bicyclic) bond motifs is 6. The lowest BCUT2D eigenvalue weighted by Gasteiger charge is -2.41. The van der Waals surface area contributed by atoms with E-state index in [0.717, 1.165) is 13.0 Å². The average molecular weight is 247 g/mol. The number of nitrogens with one attached hydrogen (secondary N) is 1. The van der Waals surface area contributed by atoms with Crippen molar-refractivity contribution >= 4 is 0 Å². The standard InChI is InChI=1S/C11H21NO5/c1-2-12-6-7-10-8(13)9(14)11(17-7)16-5-3-4-15-10/h7-14H,2-6H2,1H3. The normalized spacial score (nSPS) is 42.9. The Morgan fingerprint density at radius 3 is 2.71 bits per heavy atom. The Balaban J connectivity index is 2.07. The second-order valence-corrected chi connectivity index (χ2v) is 4.39. The molecule has 0 amide bonds. The van der Waals surface area contributed by atoms with Crippen molar-refractivity contribution in [2.45, 2.75) is 44.1 Å². The molecule has 5 atom stereocenters. The van der Waals surface area contributed by atoms with Gasteiger partial charge in [0, 0.05) is 13.2 Å². The highest BCUT2D eigenvalue weighted by atomic mass is 16.7. The molecule has 0 radical (unpaired) electrons. The van der Waals surface area contributed by atoms with Gasteiger partial charge in [0.05, 0.1) is 6.61 Å². The van der Waals surface area contributed by atoms with E-state index >= 15 is 0 Å². The van der Waals surface area contributed by atoms with Crippen LogP contribution >= 0.6 is 0 Å². The second kappa shape index (κ2) is 6.08. The average Bonchev–Trinajstić information content (AvgIpc) is 2.47. The van der Waals surface area contributed by atoms with Crippen LogP contribution in [0.3, 0.4) is 0 Å². The summed E-state index contributed by atoms with van der Waals surface area (Å²) in [7, 11) is 0. The van der Waals surface area contributed by atoms with Gasteiger partial charge in [-0.1, -0.05) is 6.92 Å². The maximum atomic E-state index is 10.0. The van der Waals surface area contributed by atoms with Crippen molar-refractivity contribution in [3.8, 4) is 0 Å². The van der Waals surface area contributed by atoms with Gasteiger partial charge in [0.25, 0.3) is 0 Å². The van der Waals surface area contributed by atoms with E-state index in [0.29, 0.717) is 19.8 Å². The molecular weight excluding hydrogens is 226 g/mol. The summed E-state index contributed by atoms with van der Waals surface area (Å²) in [5, 5.41) is 23.0. The van der Waals surface area contributed by atoms with Crippen LogP contribution in [-0.4, -0.2) is 67.2 Å². The molecule has 17 heavy (non-hydrogen) atoms. The predicted octanol–water partition coefficient (Wildman–Crippen LogP) is -1.15. The highest BCUT2D eigenvalue weighted by Crippen LogP contribution is 2.25. The van der Waals surface area contributed by atoms with Crippen molar-refractivity contribution in [1.29, 1.82) is 0 Å². The van der Waals surface area contributed by atoms with Gasteiger partial charge >= 0.3 is 0 Å². The Hall–Kier alpha value is -0.240. The first-order chi connectivity index (χ1) is 8.24. The van der Waals surface area contributed by atoms with Gasteiger partial charge in [-0.2, -0.15) is 0 Å². The molecule has 0 spiro atoms. The van der Waals surface area contributed by atoms with E-state index in [9.17, 15) is 10.2 Å². The molecule has 2 bridgehead atoms. The SMILES string of the molecule is CCNCC1OC2OCCCOC1C(O)C2O. The van der Waals surface area contributed by atoms with Crippen LogP contribution in [0.2, 0.25) is 0 Å². The molecule has 6 nitrogen and oxygen atoms in total. The van der Waals surface area contributed by atoms with Gasteiger partial charge in [-0.25, -0.2) is 0 Å². The lowest BCUT2D eigenvalue weighted by molar-refractivity contribution is -0.292. The van der Waals surface area contributed by atoms with Crippen molar-refractivity contribution in [3.63, 3.8) is 0 Å². The molecule has 0 saturated carbocycles. The monoisotopic (exact) mass is 247 g/mol. The molecule has 0 aromatic heterocycles. The van der Waals surface area contributed by atoms with Crippen LogP contribution in [0.1, 0.15) is 13.3 Å². The molecular formula is C11H21NO5. The lowest BCUT2D eigenvalue weighted by atomic mass is 9.98. The molecule has 3 fully saturated rings. The third-order valence-electron chi connectivity index (χ3n) is 3.12. The molecule has 3 aliphatic rings. The number of aliphatic hydroxyl groups is 2. The minimum absolute atomic E-state index is 0.295. The fourth-order valence-corrected chi connectivity index (χ4v) is 2.18. The van der Waals surface area contributed by atoms with Crippen LogP contribution < -0.4 is 5.32 Å². The summed E-state index contributed by atoms with van der Waals surface area (Å²) in [4.78, 5) is 0. The first kappa shape index (κ1) is 13.2. The Morgan fingerprint density at radius 1 is 1.18 bits per heavy atom. The molecule has 5 unspecified atom stereocenters. The molecule has 100 valence electrons. The number of aliphatic hydroxyl groups excluding tert-OH is 2. The summed E-state index contributed by atoms with van der Waals surface area (Å²) in [5.74, 6) is 0. The van der Waals surface area contributed by atoms with Crippen LogP contribution in [0.15, 0.2) is 0 Å². The zero-order valence-corrected chi connectivity index (χ0v) is 10.0. The number of ether oxygens (including phenoxy) is 3. The summed E-state index contributed by atoms with van der Waals surface area (Å²) in [6.45, 7) is 4.36. The first-order valence-corrected chi connectivity index (χ1v) is 6.19. The molecule has 6 heteroatoms. The summed E-state index contributed by atoms with van der Waals surface area (Å²) in [6, 6.07) is 0. The van der Waals surface area contributed by atoms with Gasteiger partial charge in [-0.3, -0.25) is 0 Å². The third-order valence-corrected chi connectivity index (χ3v) is 3.12. The number of hydrogen-bond donors (Lipinski definition) is 3. The highest BCUT2D eigenvalue weighted by Gasteiger charge is 2.46. The maximum absolute atomic E-state index is 10.0. The van der Waals surface area contributed by atoms with Crippen molar-refractivity contribution in [3.05, 3.63) is 0 Å².